The number of hydrogen-bond donors (Lipinski definition) is 0. The number of alkyl halides is 3. The molecule has 2 atom stereocenters. The first kappa shape index (κ1) is 29.9. The Labute approximate surface area is 258 Å². The largest absolute Gasteiger partial charge is 0.435 e. The van der Waals surface area contributed by atoms with Crippen molar-refractivity contribution in [2.75, 3.05) is 19.6 Å². The molecule has 0 spiro atoms. The number of carbonyl (C=O) groups is 1. The molecule has 4 aromatic rings. The van der Waals surface area contributed by atoms with Crippen molar-refractivity contribution in [2.45, 2.75) is 51.0 Å². The first-order valence-corrected chi connectivity index (χ1v) is 15.6. The monoisotopic (exact) mass is 615 g/mol. The first-order chi connectivity index (χ1) is 21.3. The molecule has 1 saturated heterocycles. The van der Waals surface area contributed by atoms with Gasteiger partial charge in [0.05, 0.1) is 6.54 Å². The average Bonchev–Trinajstić information content (AvgIpc) is 3.79. The van der Waals surface area contributed by atoms with Crippen LogP contribution in [0.5, 0.6) is 0 Å². The molecular weight excluding hydrogens is 583 g/mol. The lowest BCUT2D eigenvalue weighted by molar-refractivity contribution is -0.141. The molecule has 1 amide bonds. The Morgan fingerprint density at radius 1 is 1.11 bits per heavy atom. The van der Waals surface area contributed by atoms with Crippen LogP contribution in [0.25, 0.3) is 11.1 Å². The van der Waals surface area contributed by atoms with Crippen LogP contribution in [0, 0.1) is 11.3 Å². The summed E-state index contributed by atoms with van der Waals surface area (Å²) in [5.41, 5.74) is 2.32. The van der Waals surface area contributed by atoms with Gasteiger partial charge in [-0.1, -0.05) is 60.7 Å². The number of benzene rings is 2. The van der Waals surface area contributed by atoms with E-state index in [-0.39, 0.29) is 18.0 Å². The Kier molecular flexibility index (Phi) is 8.43. The number of halogens is 3. The molecule has 2 aromatic carbocycles. The van der Waals surface area contributed by atoms with Gasteiger partial charge < -0.3 is 4.90 Å². The number of rotatable bonds is 7. The predicted octanol–water partition coefficient (Wildman–Crippen LogP) is 7.39. The number of amides is 1. The minimum atomic E-state index is -4.63. The number of nitriles is 1. The molecule has 6 rings (SSSR count). The van der Waals surface area contributed by atoms with E-state index in [0.29, 0.717) is 41.7 Å². The third-order valence-corrected chi connectivity index (χ3v) is 9.55. The van der Waals surface area contributed by atoms with Gasteiger partial charge in [-0.15, -0.1) is 11.3 Å². The molecule has 2 aliphatic rings. The third-order valence-electron chi connectivity index (χ3n) is 8.51. The van der Waals surface area contributed by atoms with Gasteiger partial charge in [-0.3, -0.25) is 14.4 Å². The summed E-state index contributed by atoms with van der Waals surface area (Å²) in [4.78, 5) is 19.1. The molecule has 4 heterocycles. The summed E-state index contributed by atoms with van der Waals surface area (Å²) in [5.74, 6) is -0.562. The molecule has 0 radical (unpaired) electrons. The maximum Gasteiger partial charge on any atom is 0.435 e. The van der Waals surface area contributed by atoms with Crippen LogP contribution >= 0.6 is 11.3 Å². The van der Waals surface area contributed by atoms with E-state index in [0.717, 1.165) is 29.8 Å². The lowest BCUT2D eigenvalue weighted by Crippen LogP contribution is -2.37. The molecule has 0 bridgehead atoms. The molecular formula is C34H32F3N5OS. The fraction of sp³-hybridized carbons (Fsp3) is 0.324. The Hall–Kier alpha value is -4.20. The topological polar surface area (TPSA) is 65.2 Å². The fourth-order valence-electron chi connectivity index (χ4n) is 6.43. The molecule has 0 saturated carbocycles. The van der Waals surface area contributed by atoms with E-state index in [1.54, 1.807) is 36.1 Å². The van der Waals surface area contributed by atoms with Crippen molar-refractivity contribution in [3.63, 3.8) is 0 Å². The van der Waals surface area contributed by atoms with Crippen molar-refractivity contribution in [1.29, 1.82) is 5.26 Å². The summed E-state index contributed by atoms with van der Waals surface area (Å²) >= 11 is 1.33. The molecule has 226 valence electrons. The van der Waals surface area contributed by atoms with Gasteiger partial charge in [-0.2, -0.15) is 23.5 Å². The van der Waals surface area contributed by atoms with E-state index >= 15 is 0 Å². The summed E-state index contributed by atoms with van der Waals surface area (Å²) in [7, 11) is 0. The van der Waals surface area contributed by atoms with Crippen LogP contribution in [0.15, 0.2) is 79.0 Å². The predicted molar refractivity (Wildman–Crippen MR) is 164 cm³/mol. The maximum absolute atomic E-state index is 14.1. The number of nitrogens with zero attached hydrogens (tertiary/aromatic N) is 5. The molecule has 0 N–H and O–H groups in total. The molecule has 1 unspecified atom stereocenters. The van der Waals surface area contributed by atoms with Crippen LogP contribution < -0.4 is 0 Å². The summed E-state index contributed by atoms with van der Waals surface area (Å²) < 4.78 is 43.6. The number of hydrogen-bond acceptors (Lipinski definition) is 5. The standard InChI is InChI=1S/C34H32F3N5OS/c1-2-42-21-29(33(39-42)34(35,36)37)26-13-7-6-12-25(26)28-20-41(22-31-27(28)18-24(19-38)44-31)32(43)15-9-17-40-16-8-14-30(40)23-10-4-3-5-11-23/h3-7,9-13,15,18,21,28,30H,2,8,14,16-17,20,22H2,1H3/b15-9+/t28-,30?/m0/s1. The number of fused-ring (bicyclic) bond motifs is 1. The Balaban J connectivity index is 1.29. The minimum absolute atomic E-state index is 0.00849. The highest BCUT2D eigenvalue weighted by Crippen LogP contribution is 2.44. The van der Waals surface area contributed by atoms with Crippen LogP contribution in [0.3, 0.4) is 0 Å². The Morgan fingerprint density at radius 3 is 2.64 bits per heavy atom. The van der Waals surface area contributed by atoms with Gasteiger partial charge in [0.2, 0.25) is 5.91 Å². The van der Waals surface area contributed by atoms with E-state index in [1.807, 2.05) is 36.4 Å². The molecule has 44 heavy (non-hydrogen) atoms. The second kappa shape index (κ2) is 12.4. The normalized spacial score (nSPS) is 18.9. The van der Waals surface area contributed by atoms with Gasteiger partial charge in [0.15, 0.2) is 5.69 Å². The summed E-state index contributed by atoms with van der Waals surface area (Å²) in [6, 6.07) is 21.7. The smallest absolute Gasteiger partial charge is 0.333 e. The zero-order chi connectivity index (χ0) is 30.8. The second-order valence-electron chi connectivity index (χ2n) is 11.2. The zero-order valence-electron chi connectivity index (χ0n) is 24.3. The van der Waals surface area contributed by atoms with Crippen molar-refractivity contribution in [1.82, 2.24) is 19.6 Å². The third kappa shape index (κ3) is 5.94. The number of carbonyl (C=O) groups excluding carboxylic acids is 1. The Bertz CT molecular complexity index is 1720. The van der Waals surface area contributed by atoms with Gasteiger partial charge in [-0.05, 0) is 54.6 Å². The van der Waals surface area contributed by atoms with Crippen molar-refractivity contribution < 1.29 is 18.0 Å². The van der Waals surface area contributed by atoms with Crippen molar-refractivity contribution in [2.24, 2.45) is 0 Å². The van der Waals surface area contributed by atoms with E-state index < -0.39 is 17.8 Å². The highest BCUT2D eigenvalue weighted by atomic mass is 32.1. The van der Waals surface area contributed by atoms with Crippen LogP contribution in [0.2, 0.25) is 0 Å². The van der Waals surface area contributed by atoms with Gasteiger partial charge in [0.1, 0.15) is 10.9 Å². The van der Waals surface area contributed by atoms with Crippen LogP contribution in [0.4, 0.5) is 13.2 Å². The second-order valence-corrected chi connectivity index (χ2v) is 12.3. The van der Waals surface area contributed by atoms with Crippen LogP contribution in [-0.4, -0.2) is 45.1 Å². The van der Waals surface area contributed by atoms with Crippen molar-refractivity contribution in [3.05, 3.63) is 111 Å². The van der Waals surface area contributed by atoms with E-state index in [9.17, 15) is 23.2 Å². The Morgan fingerprint density at radius 2 is 1.89 bits per heavy atom. The lowest BCUT2D eigenvalue weighted by atomic mass is 9.83. The maximum atomic E-state index is 14.1. The van der Waals surface area contributed by atoms with Gasteiger partial charge >= 0.3 is 6.18 Å². The lowest BCUT2D eigenvalue weighted by Gasteiger charge is -2.33. The highest BCUT2D eigenvalue weighted by Gasteiger charge is 2.39. The number of thiophene rings is 1. The zero-order valence-corrected chi connectivity index (χ0v) is 25.1. The van der Waals surface area contributed by atoms with Crippen molar-refractivity contribution >= 4 is 17.2 Å². The van der Waals surface area contributed by atoms with E-state index in [1.165, 1.54) is 27.8 Å². The molecule has 2 aromatic heterocycles. The summed E-state index contributed by atoms with van der Waals surface area (Å²) in [5, 5.41) is 13.5. The fourth-order valence-corrected chi connectivity index (χ4v) is 7.47. The van der Waals surface area contributed by atoms with Crippen molar-refractivity contribution in [3.8, 4) is 17.2 Å². The summed E-state index contributed by atoms with van der Waals surface area (Å²) in [6.07, 6.45) is 2.51. The summed E-state index contributed by atoms with van der Waals surface area (Å²) in [6.45, 7) is 4.29. The van der Waals surface area contributed by atoms with Gasteiger partial charge in [0.25, 0.3) is 0 Å². The first-order valence-electron chi connectivity index (χ1n) is 14.8. The molecule has 6 nitrogen and oxygen atoms in total. The molecule has 0 aliphatic carbocycles. The molecule has 1 fully saturated rings. The average molecular weight is 616 g/mol. The molecule has 10 heteroatoms. The van der Waals surface area contributed by atoms with Crippen LogP contribution in [0.1, 0.15) is 63.9 Å². The van der Waals surface area contributed by atoms with E-state index in [4.69, 9.17) is 0 Å². The number of aryl methyl sites for hydroxylation is 1. The SMILES string of the molecule is CCn1cc(-c2ccccc2[C@@H]2CN(C(=O)/C=C/CN3CCCC3c3ccccc3)Cc3sc(C#N)cc32)c(C(F)(F)F)n1. The van der Waals surface area contributed by atoms with Crippen LogP contribution in [-0.2, 0) is 24.1 Å². The number of likely N-dealkylation sites (tertiary alicyclic amines) is 1. The quantitative estimate of drug-likeness (QED) is 0.204. The van der Waals surface area contributed by atoms with Gasteiger partial charge in [0, 0.05) is 54.3 Å². The highest BCUT2D eigenvalue weighted by molar-refractivity contribution is 7.12. The minimum Gasteiger partial charge on any atom is -0.333 e. The number of aromatic nitrogens is 2. The van der Waals surface area contributed by atoms with E-state index in [2.05, 4.69) is 28.2 Å². The molecule has 2 aliphatic heterocycles. The van der Waals surface area contributed by atoms with Gasteiger partial charge in [-0.25, -0.2) is 0 Å².